The Labute approximate surface area is 179 Å². The van der Waals surface area contributed by atoms with Crippen molar-refractivity contribution in [1.29, 1.82) is 0 Å². The summed E-state index contributed by atoms with van der Waals surface area (Å²) >= 11 is 0. The predicted molar refractivity (Wildman–Crippen MR) is 111 cm³/mol. The fourth-order valence-electron chi connectivity index (χ4n) is 4.03. The molecule has 1 aromatic carbocycles. The van der Waals surface area contributed by atoms with Gasteiger partial charge in [-0.2, -0.15) is 0 Å². The molecule has 3 aromatic rings. The lowest BCUT2D eigenvalue weighted by Gasteiger charge is -2.26. The van der Waals surface area contributed by atoms with Crippen molar-refractivity contribution in [2.45, 2.75) is 19.5 Å². The molecular formula is C24H22N3O4+. The van der Waals surface area contributed by atoms with Gasteiger partial charge >= 0.3 is 0 Å². The lowest BCUT2D eigenvalue weighted by Crippen LogP contribution is -2.30. The number of aromatic nitrogens is 2. The highest BCUT2D eigenvalue weighted by Gasteiger charge is 2.51. The molecule has 1 aliphatic heterocycles. The summed E-state index contributed by atoms with van der Waals surface area (Å²) in [5.74, 6) is -2.21. The van der Waals surface area contributed by atoms with Crippen LogP contribution in [0.2, 0.25) is 0 Å². The number of nitrogens with one attached hydrogen (secondary N) is 1. The molecule has 0 radical (unpaired) electrons. The van der Waals surface area contributed by atoms with Crippen LogP contribution in [0.4, 0.5) is 0 Å². The van der Waals surface area contributed by atoms with Crippen molar-refractivity contribution in [3.05, 3.63) is 89.5 Å². The number of methoxy groups -OCH3 is 1. The van der Waals surface area contributed by atoms with Crippen LogP contribution >= 0.6 is 0 Å². The van der Waals surface area contributed by atoms with Crippen molar-refractivity contribution >= 4 is 17.5 Å². The van der Waals surface area contributed by atoms with Gasteiger partial charge in [0.05, 0.1) is 13.2 Å². The van der Waals surface area contributed by atoms with Crippen LogP contribution < -0.4 is 9.72 Å². The number of Topliss-reactive ketones (excluding diaryl/α,β-unsaturated/α-hetero) is 2. The summed E-state index contributed by atoms with van der Waals surface area (Å²) in [6.45, 7) is 2.02. The number of aromatic amines is 1. The van der Waals surface area contributed by atoms with E-state index in [4.69, 9.17) is 4.74 Å². The van der Waals surface area contributed by atoms with E-state index in [9.17, 15) is 14.4 Å². The van der Waals surface area contributed by atoms with Gasteiger partial charge < -0.3 is 9.64 Å². The number of benzene rings is 1. The number of rotatable bonds is 6. The second-order valence-corrected chi connectivity index (χ2v) is 7.46. The molecule has 0 bridgehead atoms. The van der Waals surface area contributed by atoms with Crippen LogP contribution in [-0.4, -0.2) is 34.5 Å². The molecular weight excluding hydrogens is 394 g/mol. The van der Waals surface area contributed by atoms with Crippen LogP contribution in [0.25, 0.3) is 0 Å². The normalized spacial score (nSPS) is 18.3. The van der Waals surface area contributed by atoms with E-state index in [0.29, 0.717) is 16.9 Å². The molecule has 31 heavy (non-hydrogen) atoms. The first-order valence-corrected chi connectivity index (χ1v) is 9.90. The third-order valence-electron chi connectivity index (χ3n) is 5.53. The maximum Gasteiger partial charge on any atom is 0.291 e. The summed E-state index contributed by atoms with van der Waals surface area (Å²) in [5, 5.41) is 0. The zero-order valence-corrected chi connectivity index (χ0v) is 17.2. The number of aryl methyl sites for hydroxylation is 1. The molecule has 156 valence electrons. The Kier molecular flexibility index (Phi) is 5.58. The summed E-state index contributed by atoms with van der Waals surface area (Å²) < 4.78 is 5.27. The van der Waals surface area contributed by atoms with Crippen LogP contribution in [0.15, 0.2) is 67.3 Å². The van der Waals surface area contributed by atoms with Crippen LogP contribution in [-0.2, 0) is 16.1 Å². The minimum Gasteiger partial charge on any atom is -0.496 e. The highest BCUT2D eigenvalue weighted by Crippen LogP contribution is 2.39. The number of hydrogen-bond donors (Lipinski definition) is 0. The lowest BCUT2D eigenvalue weighted by atomic mass is 9.86. The standard InChI is InChI=1S/C24H21N3O4/c1-15-12-18(5-6-19(15)31-2)22(28)20-21(17-7-10-25-11-8-17)27(24(30)23(20)29)14-16-4-3-9-26-13-16/h3-13,20-21H,14H2,1-2H3/p+1. The number of carbonyl (C=O) groups excluding carboxylic acids is 3. The molecule has 1 aliphatic rings. The second-order valence-electron chi connectivity index (χ2n) is 7.46. The number of likely N-dealkylation sites (tertiary alicyclic amines) is 1. The highest BCUT2D eigenvalue weighted by atomic mass is 16.5. The number of hydrogen-bond acceptors (Lipinski definition) is 5. The number of ketones is 2. The van der Waals surface area contributed by atoms with Gasteiger partial charge in [-0.3, -0.25) is 19.4 Å². The summed E-state index contributed by atoms with van der Waals surface area (Å²) in [6.07, 6.45) is 6.72. The van der Waals surface area contributed by atoms with E-state index < -0.39 is 23.7 Å². The summed E-state index contributed by atoms with van der Waals surface area (Å²) in [5.41, 5.74) is 2.65. The van der Waals surface area contributed by atoms with E-state index in [1.807, 2.05) is 13.0 Å². The van der Waals surface area contributed by atoms with Crippen LogP contribution in [0.5, 0.6) is 5.75 Å². The molecule has 1 saturated heterocycles. The van der Waals surface area contributed by atoms with Crippen LogP contribution in [0.1, 0.15) is 33.1 Å². The highest BCUT2D eigenvalue weighted by molar-refractivity contribution is 6.44. The third kappa shape index (κ3) is 3.82. The Morgan fingerprint density at radius 2 is 1.94 bits per heavy atom. The quantitative estimate of drug-likeness (QED) is 0.350. The van der Waals surface area contributed by atoms with Crippen LogP contribution in [0, 0.1) is 12.8 Å². The first-order chi connectivity index (χ1) is 15.0. The molecule has 7 heteroatoms. The molecule has 7 nitrogen and oxygen atoms in total. The molecule has 0 aliphatic carbocycles. The zero-order valence-electron chi connectivity index (χ0n) is 17.2. The topological polar surface area (TPSA) is 90.7 Å². The van der Waals surface area contributed by atoms with Gasteiger partial charge in [-0.25, -0.2) is 4.98 Å². The molecule has 1 amide bonds. The molecule has 4 rings (SSSR count). The molecule has 0 spiro atoms. The van der Waals surface area contributed by atoms with Crippen molar-refractivity contribution in [3.8, 4) is 5.75 Å². The van der Waals surface area contributed by atoms with Crippen molar-refractivity contribution < 1.29 is 24.1 Å². The van der Waals surface area contributed by atoms with Crippen molar-refractivity contribution in [2.75, 3.05) is 7.11 Å². The molecule has 2 atom stereocenters. The van der Waals surface area contributed by atoms with Crippen molar-refractivity contribution in [2.24, 2.45) is 5.92 Å². The van der Waals surface area contributed by atoms with Gasteiger partial charge in [0.2, 0.25) is 5.78 Å². The van der Waals surface area contributed by atoms with Crippen LogP contribution in [0.3, 0.4) is 0 Å². The van der Waals surface area contributed by atoms with Gasteiger partial charge in [-0.15, -0.1) is 0 Å². The Balaban J connectivity index is 1.76. The average molecular weight is 416 g/mol. The third-order valence-corrected chi connectivity index (χ3v) is 5.53. The molecule has 2 unspecified atom stereocenters. The minimum atomic E-state index is -1.13. The lowest BCUT2D eigenvalue weighted by molar-refractivity contribution is -0.378. The van der Waals surface area contributed by atoms with Gasteiger partial charge in [-0.1, -0.05) is 6.07 Å². The van der Waals surface area contributed by atoms with Gasteiger partial charge in [-0.05, 0) is 47.9 Å². The number of ether oxygens (including phenoxy) is 1. The summed E-state index contributed by atoms with van der Waals surface area (Å²) in [6, 6.07) is 11.5. The van der Waals surface area contributed by atoms with E-state index in [0.717, 1.165) is 11.1 Å². The molecule has 2 aromatic heterocycles. The van der Waals surface area contributed by atoms with Crippen molar-refractivity contribution in [1.82, 2.24) is 9.88 Å². The van der Waals surface area contributed by atoms with Gasteiger partial charge in [0.15, 0.2) is 18.2 Å². The Hall–Kier alpha value is -3.87. The van der Waals surface area contributed by atoms with Gasteiger partial charge in [0, 0.05) is 36.6 Å². The molecule has 1 fully saturated rings. The first kappa shape index (κ1) is 20.4. The first-order valence-electron chi connectivity index (χ1n) is 9.90. The maximum absolute atomic E-state index is 13.5. The molecule has 0 saturated carbocycles. The van der Waals surface area contributed by atoms with E-state index >= 15 is 0 Å². The summed E-state index contributed by atoms with van der Waals surface area (Å²) in [7, 11) is 1.56. The van der Waals surface area contributed by atoms with Gasteiger partial charge in [0.1, 0.15) is 11.7 Å². The SMILES string of the molecule is COc1ccc(C(=O)C2C(=O)C(=O)N(Cc3cccnc3)C2c2cc[nH+]cc2)cc1C. The second kappa shape index (κ2) is 8.47. The minimum absolute atomic E-state index is 0.188. The Morgan fingerprint density at radius 1 is 1.16 bits per heavy atom. The number of nitrogens with zero attached hydrogens (tertiary/aromatic N) is 2. The monoisotopic (exact) mass is 416 g/mol. The van der Waals surface area contributed by atoms with Gasteiger partial charge in [0.25, 0.3) is 5.91 Å². The average Bonchev–Trinajstić information content (AvgIpc) is 3.04. The van der Waals surface area contributed by atoms with E-state index in [2.05, 4.69) is 9.97 Å². The Bertz CT molecular complexity index is 1130. The fraction of sp³-hybridized carbons (Fsp3) is 0.208. The largest absolute Gasteiger partial charge is 0.496 e. The zero-order chi connectivity index (χ0) is 22.0. The maximum atomic E-state index is 13.5. The number of amides is 1. The fourth-order valence-corrected chi connectivity index (χ4v) is 4.03. The molecule has 3 heterocycles. The van der Waals surface area contributed by atoms with E-state index in [-0.39, 0.29) is 12.3 Å². The predicted octanol–water partition coefficient (Wildman–Crippen LogP) is 2.36. The summed E-state index contributed by atoms with van der Waals surface area (Å²) in [4.78, 5) is 48.0. The smallest absolute Gasteiger partial charge is 0.291 e. The van der Waals surface area contributed by atoms with E-state index in [1.54, 1.807) is 68.3 Å². The number of pyridine rings is 2. The Morgan fingerprint density at radius 3 is 2.58 bits per heavy atom. The number of carbonyl (C=O) groups is 3. The molecule has 1 N–H and O–H groups in total. The van der Waals surface area contributed by atoms with E-state index in [1.165, 1.54) is 4.90 Å². The van der Waals surface area contributed by atoms with Crippen molar-refractivity contribution in [3.63, 3.8) is 0 Å². The number of H-pyrrole nitrogens is 1.